The van der Waals surface area contributed by atoms with Crippen LogP contribution in [0.1, 0.15) is 41.8 Å². The Labute approximate surface area is 335 Å². The van der Waals surface area contributed by atoms with E-state index in [2.05, 4.69) is 15.3 Å². The summed E-state index contributed by atoms with van der Waals surface area (Å²) in [4.78, 5) is 82.0. The highest BCUT2D eigenvalue weighted by Crippen LogP contribution is 2.25. The molecule has 20 heteroatoms. The Balaban J connectivity index is 0.000000385. The predicted octanol–water partition coefficient (Wildman–Crippen LogP) is 2.59. The van der Waals surface area contributed by atoms with Crippen LogP contribution in [-0.4, -0.2) is 117 Å². The summed E-state index contributed by atoms with van der Waals surface area (Å²) in [6, 6.07) is 17.9. The molecule has 1 amide bonds. The van der Waals surface area contributed by atoms with E-state index < -0.39 is 53.9 Å². The van der Waals surface area contributed by atoms with Gasteiger partial charge in [0.2, 0.25) is 5.91 Å². The number of hydrogen-bond donors (Lipinski definition) is 9. The summed E-state index contributed by atoms with van der Waals surface area (Å²) in [5.74, 6) is -7.16. The van der Waals surface area contributed by atoms with Crippen LogP contribution in [-0.2, 0) is 34.4 Å². The minimum atomic E-state index is -1.79. The van der Waals surface area contributed by atoms with E-state index in [1.807, 2.05) is 31.2 Å². The van der Waals surface area contributed by atoms with E-state index in [4.69, 9.17) is 43.5 Å². The van der Waals surface area contributed by atoms with E-state index in [-0.39, 0.29) is 17.0 Å². The molecule has 2 aromatic carbocycles. The lowest BCUT2D eigenvalue weighted by molar-refractivity contribution is -0.157. The first kappa shape index (κ1) is 48.9. The van der Waals surface area contributed by atoms with Crippen LogP contribution in [0.25, 0.3) is 22.2 Å². The van der Waals surface area contributed by atoms with Gasteiger partial charge in [0.05, 0.1) is 29.7 Å². The third kappa shape index (κ3) is 16.7. The van der Waals surface area contributed by atoms with Crippen molar-refractivity contribution in [2.75, 3.05) is 13.6 Å². The van der Waals surface area contributed by atoms with E-state index in [0.29, 0.717) is 39.9 Å². The molecule has 0 saturated carbocycles. The number of benzene rings is 2. The summed E-state index contributed by atoms with van der Waals surface area (Å²) in [6.45, 7) is 4.81. The van der Waals surface area contributed by atoms with Gasteiger partial charge in [0.25, 0.3) is 0 Å². The number of rotatable bonds is 9. The molecule has 4 aromatic rings. The second-order valence-corrected chi connectivity index (χ2v) is 12.5. The molecule has 1 fully saturated rings. The largest absolute Gasteiger partial charge is 0.481 e. The van der Waals surface area contributed by atoms with Crippen LogP contribution in [0.5, 0.6) is 0 Å². The molecule has 0 spiro atoms. The first-order valence-electron chi connectivity index (χ1n) is 16.4. The fraction of sp³-hybridized carbons (Fsp3) is 0.211. The molecule has 2 atom stereocenters. The number of carbonyl (C=O) groups is 7. The van der Waals surface area contributed by atoms with Crippen molar-refractivity contribution in [2.45, 2.75) is 38.8 Å². The SMILES string of the molecule is C/C(=C/C(=O)O)C(=O)O.CN1CC(=O)NC1=S.C[C@](O)(C(=O)O)c1ccccc1.Cc1ccc2nc(-c3cccnc3)cc(C(=O)O)c2c1.NC(CC(=O)O)C(=O)O. The number of hydrogen-bond acceptors (Lipinski definition) is 12. The van der Waals surface area contributed by atoms with Crippen molar-refractivity contribution in [3.05, 3.63) is 107 Å². The van der Waals surface area contributed by atoms with Gasteiger partial charge >= 0.3 is 35.8 Å². The molecule has 0 aliphatic carbocycles. The summed E-state index contributed by atoms with van der Waals surface area (Å²) >= 11 is 4.71. The lowest BCUT2D eigenvalue weighted by atomic mass is 9.97. The minimum absolute atomic E-state index is 0.0162. The number of aliphatic carboxylic acids is 5. The van der Waals surface area contributed by atoms with Gasteiger partial charge < -0.3 is 51.7 Å². The zero-order valence-corrected chi connectivity index (χ0v) is 32.2. The maximum atomic E-state index is 11.5. The number of aryl methyl sites for hydroxylation is 1. The molecule has 19 nitrogen and oxygen atoms in total. The summed E-state index contributed by atoms with van der Waals surface area (Å²) < 4.78 is 0. The Kier molecular flexibility index (Phi) is 19.4. The molecule has 308 valence electrons. The Bertz CT molecular complexity index is 2160. The first-order valence-corrected chi connectivity index (χ1v) is 16.8. The van der Waals surface area contributed by atoms with Crippen LogP contribution in [0, 0.1) is 6.92 Å². The van der Waals surface area contributed by atoms with Crippen molar-refractivity contribution in [3.8, 4) is 11.3 Å². The summed E-state index contributed by atoms with van der Waals surface area (Å²) in [5, 5.41) is 63.3. The van der Waals surface area contributed by atoms with Gasteiger partial charge in [-0.3, -0.25) is 19.4 Å². The normalized spacial score (nSPS) is 13.1. The molecule has 1 unspecified atom stereocenters. The van der Waals surface area contributed by atoms with E-state index in [1.54, 1.807) is 66.8 Å². The smallest absolute Gasteiger partial charge is 0.340 e. The molecule has 1 aliphatic heterocycles. The Morgan fingerprint density at radius 3 is 1.97 bits per heavy atom. The van der Waals surface area contributed by atoms with Crippen molar-refractivity contribution in [1.82, 2.24) is 20.2 Å². The van der Waals surface area contributed by atoms with E-state index in [9.17, 15) is 43.8 Å². The van der Waals surface area contributed by atoms with Crippen LogP contribution >= 0.6 is 12.2 Å². The number of nitrogens with zero attached hydrogens (tertiary/aromatic N) is 3. The monoisotopic (exact) mass is 823 g/mol. The van der Waals surface area contributed by atoms with Gasteiger partial charge in [-0.25, -0.2) is 24.2 Å². The Morgan fingerprint density at radius 1 is 0.966 bits per heavy atom. The molecule has 5 rings (SSSR count). The van der Waals surface area contributed by atoms with E-state index in [0.717, 1.165) is 11.1 Å². The van der Waals surface area contributed by atoms with Gasteiger partial charge in [-0.2, -0.15) is 0 Å². The number of carboxylic acids is 6. The summed E-state index contributed by atoms with van der Waals surface area (Å²) in [7, 11) is 1.78. The van der Waals surface area contributed by atoms with Gasteiger partial charge in [-0.05, 0) is 68.9 Å². The highest BCUT2D eigenvalue weighted by molar-refractivity contribution is 7.80. The zero-order chi connectivity index (χ0) is 44.3. The number of aliphatic hydroxyl groups is 1. The number of pyridine rings is 2. The van der Waals surface area contributed by atoms with Crippen molar-refractivity contribution >= 4 is 70.0 Å². The number of thiocarbonyl (C=S) groups is 1. The third-order valence-electron chi connectivity index (χ3n) is 7.27. The van der Waals surface area contributed by atoms with Crippen molar-refractivity contribution in [3.63, 3.8) is 0 Å². The minimum Gasteiger partial charge on any atom is -0.481 e. The van der Waals surface area contributed by atoms with Gasteiger partial charge in [0.15, 0.2) is 10.7 Å². The number of aromatic nitrogens is 2. The number of nitrogens with one attached hydrogen (secondary N) is 1. The van der Waals surface area contributed by atoms with Crippen molar-refractivity contribution in [2.24, 2.45) is 5.73 Å². The van der Waals surface area contributed by atoms with Crippen LogP contribution in [0.15, 0.2) is 90.8 Å². The van der Waals surface area contributed by atoms with E-state index >= 15 is 0 Å². The van der Waals surface area contributed by atoms with Gasteiger partial charge in [-0.1, -0.05) is 42.0 Å². The average Bonchev–Trinajstić information content (AvgIpc) is 3.45. The molecule has 0 bridgehead atoms. The summed E-state index contributed by atoms with van der Waals surface area (Å²) in [6.07, 6.45) is 3.46. The Hall–Kier alpha value is -7.16. The molecular weight excluding hydrogens is 783 g/mol. The number of nitrogens with two attached hydrogens (primary N) is 1. The number of likely N-dealkylation sites (N-methyl/N-ethyl adjacent to an activating group) is 1. The lowest BCUT2D eigenvalue weighted by Gasteiger charge is -2.17. The number of carboxylic acid groups (broad SMARTS) is 6. The van der Waals surface area contributed by atoms with Crippen LogP contribution < -0.4 is 11.1 Å². The van der Waals surface area contributed by atoms with Gasteiger partial charge in [0, 0.05) is 42.0 Å². The molecule has 0 radical (unpaired) electrons. The second kappa shape index (κ2) is 23.0. The number of aromatic carboxylic acids is 1. The summed E-state index contributed by atoms with van der Waals surface area (Å²) in [5.41, 5.74) is 6.62. The fourth-order valence-electron chi connectivity index (χ4n) is 4.13. The van der Waals surface area contributed by atoms with Crippen LogP contribution in [0.3, 0.4) is 0 Å². The van der Waals surface area contributed by atoms with E-state index in [1.165, 1.54) is 13.8 Å². The van der Waals surface area contributed by atoms with Gasteiger partial charge in [-0.15, -0.1) is 0 Å². The zero-order valence-electron chi connectivity index (χ0n) is 31.4. The highest BCUT2D eigenvalue weighted by atomic mass is 32.1. The number of amides is 1. The first-order chi connectivity index (χ1) is 27.0. The second-order valence-electron chi connectivity index (χ2n) is 12.1. The molecule has 58 heavy (non-hydrogen) atoms. The predicted molar refractivity (Wildman–Crippen MR) is 211 cm³/mol. The molecule has 10 N–H and O–H groups in total. The maximum Gasteiger partial charge on any atom is 0.340 e. The van der Waals surface area contributed by atoms with Crippen LogP contribution in [0.2, 0.25) is 0 Å². The molecule has 3 heterocycles. The quantitative estimate of drug-likeness (QED) is 0.0865. The molecule has 1 aliphatic rings. The average molecular weight is 824 g/mol. The number of fused-ring (bicyclic) bond motifs is 1. The maximum absolute atomic E-state index is 11.5. The molecule has 2 aromatic heterocycles. The Morgan fingerprint density at radius 2 is 1.59 bits per heavy atom. The number of carbonyl (C=O) groups excluding carboxylic acids is 1. The molecule has 1 saturated heterocycles. The third-order valence-corrected chi connectivity index (χ3v) is 7.68. The fourth-order valence-corrected chi connectivity index (χ4v) is 4.31. The molecular formula is C38H41N5O14S. The van der Waals surface area contributed by atoms with Crippen molar-refractivity contribution < 1.29 is 69.3 Å². The lowest BCUT2D eigenvalue weighted by Crippen LogP contribution is -2.32. The van der Waals surface area contributed by atoms with Gasteiger partial charge in [0.1, 0.15) is 6.04 Å². The van der Waals surface area contributed by atoms with Crippen LogP contribution in [0.4, 0.5) is 0 Å². The van der Waals surface area contributed by atoms with Crippen molar-refractivity contribution in [1.29, 1.82) is 0 Å². The highest BCUT2D eigenvalue weighted by Gasteiger charge is 2.31. The topological polar surface area (TPSA) is 328 Å². The standard InChI is InChI=1S/C16H12N2O2.C9H10O3.C5H6O4.C4H6N2OS.C4H7NO4/c1-10-4-5-14-12(7-10)13(16(19)20)8-15(18-14)11-3-2-6-17-9-11;1-9(12,8(10)11)7-5-3-2-4-6-7;1-3(5(8)9)2-4(6)7;1-6-2-3(7)5-4(6)8;5-2(4(8)9)1-3(6)7/h2-9H,1H3,(H,19,20);2-6,12H,1H3,(H,10,11);2H,1H3,(H,6,7)(H,8,9);2H2,1H3,(H,5,7,8);2H,1,5H2,(H,6,7)(H,8,9)/b;;3-2-;;/t;9-;;;/m.1.../s1.